The standard InChI is InChI=1S/C9H18N2/c1-8-5-11(4)6-9(8,2)7(8)10-3/h7,10H,5-6H2,1-4H3/t7?,8-,9+. The zero-order chi connectivity index (χ0) is 8.28. The second kappa shape index (κ2) is 1.80. The molecule has 0 radical (unpaired) electrons. The van der Waals surface area contributed by atoms with E-state index in [1.807, 2.05) is 0 Å². The molecule has 2 heteroatoms. The largest absolute Gasteiger partial charge is 0.316 e. The third kappa shape index (κ3) is 0.651. The van der Waals surface area contributed by atoms with Gasteiger partial charge in [-0.25, -0.2) is 0 Å². The molecule has 1 aliphatic carbocycles. The van der Waals surface area contributed by atoms with E-state index in [1.165, 1.54) is 13.1 Å². The highest BCUT2D eigenvalue weighted by Crippen LogP contribution is 2.67. The summed E-state index contributed by atoms with van der Waals surface area (Å²) in [6, 6.07) is 0.756. The first-order chi connectivity index (χ1) is 5.04. The minimum Gasteiger partial charge on any atom is -0.316 e. The Morgan fingerprint density at radius 2 is 1.73 bits per heavy atom. The molecule has 3 atom stereocenters. The van der Waals surface area contributed by atoms with Gasteiger partial charge in [-0.05, 0) is 14.1 Å². The van der Waals surface area contributed by atoms with Crippen LogP contribution < -0.4 is 5.32 Å². The van der Waals surface area contributed by atoms with E-state index in [9.17, 15) is 0 Å². The van der Waals surface area contributed by atoms with Gasteiger partial charge in [-0.15, -0.1) is 0 Å². The second-order valence-electron chi connectivity index (χ2n) is 4.73. The van der Waals surface area contributed by atoms with E-state index in [2.05, 4.69) is 38.2 Å². The van der Waals surface area contributed by atoms with Gasteiger partial charge in [0, 0.05) is 30.0 Å². The molecule has 1 aliphatic heterocycles. The average molecular weight is 154 g/mol. The van der Waals surface area contributed by atoms with Gasteiger partial charge in [0.05, 0.1) is 0 Å². The number of nitrogens with zero attached hydrogens (tertiary/aromatic N) is 1. The smallest absolute Gasteiger partial charge is 0.0209 e. The van der Waals surface area contributed by atoms with E-state index in [4.69, 9.17) is 0 Å². The summed E-state index contributed by atoms with van der Waals surface area (Å²) in [7, 11) is 4.30. The highest BCUT2D eigenvalue weighted by Gasteiger charge is 2.73. The van der Waals surface area contributed by atoms with Crippen molar-refractivity contribution in [1.29, 1.82) is 0 Å². The molecule has 2 aliphatic rings. The third-order valence-corrected chi connectivity index (χ3v) is 3.98. The quantitative estimate of drug-likeness (QED) is 0.593. The maximum Gasteiger partial charge on any atom is 0.0209 e. The Kier molecular flexibility index (Phi) is 1.24. The number of hydrogen-bond donors (Lipinski definition) is 1. The Hall–Kier alpha value is -0.0800. The van der Waals surface area contributed by atoms with Crippen LogP contribution in [0.4, 0.5) is 0 Å². The van der Waals surface area contributed by atoms with Crippen LogP contribution in [0.1, 0.15) is 13.8 Å². The lowest BCUT2D eigenvalue weighted by molar-refractivity contribution is 0.310. The van der Waals surface area contributed by atoms with Crippen molar-refractivity contribution >= 4 is 0 Å². The first-order valence-electron chi connectivity index (χ1n) is 4.40. The van der Waals surface area contributed by atoms with Crippen molar-refractivity contribution in [2.24, 2.45) is 10.8 Å². The molecule has 11 heavy (non-hydrogen) atoms. The highest BCUT2D eigenvalue weighted by molar-refractivity contribution is 5.27. The second-order valence-corrected chi connectivity index (χ2v) is 4.73. The lowest BCUT2D eigenvalue weighted by Gasteiger charge is -2.17. The SMILES string of the molecule is CNC1[C@]2(C)CN(C)C[C@]12C. The lowest BCUT2D eigenvalue weighted by atomic mass is 10.0. The van der Waals surface area contributed by atoms with Crippen molar-refractivity contribution in [3.8, 4) is 0 Å². The molecule has 0 aromatic heterocycles. The van der Waals surface area contributed by atoms with Gasteiger partial charge in [-0.3, -0.25) is 0 Å². The van der Waals surface area contributed by atoms with Crippen LogP contribution in [0, 0.1) is 10.8 Å². The summed E-state index contributed by atoms with van der Waals surface area (Å²) in [6.07, 6.45) is 0. The van der Waals surface area contributed by atoms with Crippen LogP contribution in [0.15, 0.2) is 0 Å². The van der Waals surface area contributed by atoms with E-state index in [1.54, 1.807) is 0 Å². The number of fused-ring (bicyclic) bond motifs is 1. The fraction of sp³-hybridized carbons (Fsp3) is 1.00. The molecule has 1 heterocycles. The van der Waals surface area contributed by atoms with Crippen LogP contribution in [-0.4, -0.2) is 38.1 Å². The van der Waals surface area contributed by atoms with Gasteiger partial charge in [-0.2, -0.15) is 0 Å². The molecule has 1 unspecified atom stereocenters. The predicted octanol–water partition coefficient (Wildman–Crippen LogP) is 0.546. The summed E-state index contributed by atoms with van der Waals surface area (Å²) in [5.41, 5.74) is 1.10. The van der Waals surface area contributed by atoms with Gasteiger partial charge in [0.25, 0.3) is 0 Å². The predicted molar refractivity (Wildman–Crippen MR) is 46.6 cm³/mol. The third-order valence-electron chi connectivity index (χ3n) is 3.98. The summed E-state index contributed by atoms with van der Waals surface area (Å²) in [6.45, 7) is 7.32. The maximum atomic E-state index is 3.42. The van der Waals surface area contributed by atoms with Crippen molar-refractivity contribution < 1.29 is 0 Å². The van der Waals surface area contributed by atoms with E-state index >= 15 is 0 Å². The van der Waals surface area contributed by atoms with Crippen LogP contribution in [0.2, 0.25) is 0 Å². The number of hydrogen-bond acceptors (Lipinski definition) is 2. The Bertz CT molecular complexity index is 174. The molecule has 1 N–H and O–H groups in total. The van der Waals surface area contributed by atoms with Crippen LogP contribution in [-0.2, 0) is 0 Å². The maximum absolute atomic E-state index is 3.42. The molecule has 2 rings (SSSR count). The molecule has 0 amide bonds. The number of piperidine rings is 1. The first-order valence-corrected chi connectivity index (χ1v) is 4.40. The topological polar surface area (TPSA) is 15.3 Å². The number of likely N-dealkylation sites (tertiary alicyclic amines) is 1. The molecule has 64 valence electrons. The molecule has 0 aromatic rings. The highest BCUT2D eigenvalue weighted by atomic mass is 15.2. The molecular weight excluding hydrogens is 136 g/mol. The van der Waals surface area contributed by atoms with Crippen LogP contribution in [0.5, 0.6) is 0 Å². The number of rotatable bonds is 1. The monoisotopic (exact) mass is 154 g/mol. The minimum absolute atomic E-state index is 0.552. The van der Waals surface area contributed by atoms with Gasteiger partial charge >= 0.3 is 0 Å². The van der Waals surface area contributed by atoms with Crippen LogP contribution in [0.3, 0.4) is 0 Å². The Labute approximate surface area is 69.0 Å². The van der Waals surface area contributed by atoms with Crippen LogP contribution in [0.25, 0.3) is 0 Å². The summed E-state index contributed by atoms with van der Waals surface area (Å²) in [5.74, 6) is 0. The van der Waals surface area contributed by atoms with Crippen LogP contribution >= 0.6 is 0 Å². The van der Waals surface area contributed by atoms with Gasteiger partial charge < -0.3 is 10.2 Å². The summed E-state index contributed by atoms with van der Waals surface area (Å²) < 4.78 is 0. The van der Waals surface area contributed by atoms with E-state index in [0.717, 1.165) is 6.04 Å². The Morgan fingerprint density at radius 1 is 1.27 bits per heavy atom. The van der Waals surface area contributed by atoms with Crippen molar-refractivity contribution in [3.05, 3.63) is 0 Å². The number of nitrogens with one attached hydrogen (secondary N) is 1. The zero-order valence-corrected chi connectivity index (χ0v) is 7.94. The van der Waals surface area contributed by atoms with E-state index in [-0.39, 0.29) is 0 Å². The zero-order valence-electron chi connectivity index (χ0n) is 7.94. The van der Waals surface area contributed by atoms with Gasteiger partial charge in [0.2, 0.25) is 0 Å². The summed E-state index contributed by atoms with van der Waals surface area (Å²) in [4.78, 5) is 2.44. The van der Waals surface area contributed by atoms with Crippen molar-refractivity contribution in [3.63, 3.8) is 0 Å². The van der Waals surface area contributed by atoms with Crippen molar-refractivity contribution in [2.45, 2.75) is 19.9 Å². The fourth-order valence-electron chi connectivity index (χ4n) is 3.31. The molecule has 0 aromatic carbocycles. The molecule has 2 fully saturated rings. The molecule has 0 spiro atoms. The van der Waals surface area contributed by atoms with Gasteiger partial charge in [0.1, 0.15) is 0 Å². The molecule has 2 nitrogen and oxygen atoms in total. The Balaban J connectivity index is 2.19. The van der Waals surface area contributed by atoms with E-state index in [0.29, 0.717) is 10.8 Å². The van der Waals surface area contributed by atoms with Gasteiger partial charge in [0.15, 0.2) is 0 Å². The van der Waals surface area contributed by atoms with Crippen molar-refractivity contribution in [2.75, 3.05) is 27.2 Å². The minimum atomic E-state index is 0.552. The summed E-state index contributed by atoms with van der Waals surface area (Å²) >= 11 is 0. The fourth-order valence-corrected chi connectivity index (χ4v) is 3.31. The van der Waals surface area contributed by atoms with E-state index < -0.39 is 0 Å². The van der Waals surface area contributed by atoms with Gasteiger partial charge in [-0.1, -0.05) is 13.8 Å². The molecular formula is C9H18N2. The lowest BCUT2D eigenvalue weighted by Crippen LogP contribution is -2.31. The first kappa shape index (κ1) is 7.56. The molecule has 1 saturated carbocycles. The Morgan fingerprint density at radius 3 is 2.09 bits per heavy atom. The molecule has 1 saturated heterocycles. The average Bonchev–Trinajstić information content (AvgIpc) is 2.15. The van der Waals surface area contributed by atoms with Crippen molar-refractivity contribution in [1.82, 2.24) is 10.2 Å². The summed E-state index contributed by atoms with van der Waals surface area (Å²) in [5, 5.41) is 3.42. The normalized spacial score (nSPS) is 56.2. The molecule has 0 bridgehead atoms.